The van der Waals surface area contributed by atoms with Crippen LogP contribution in [0.5, 0.6) is 0 Å². The molecule has 5 aliphatic rings. The summed E-state index contributed by atoms with van der Waals surface area (Å²) < 4.78 is 5.04. The first-order valence-electron chi connectivity index (χ1n) is 9.83. The van der Waals surface area contributed by atoms with Crippen molar-refractivity contribution in [2.45, 2.75) is 12.8 Å². The summed E-state index contributed by atoms with van der Waals surface area (Å²) in [5.74, 6) is -0.180. The highest BCUT2D eigenvalue weighted by Crippen LogP contribution is 2.65. The number of amides is 2. The Bertz CT molecular complexity index is 855. The summed E-state index contributed by atoms with van der Waals surface area (Å²) in [6.45, 7) is -0.314. The molecule has 3 fully saturated rings. The molecule has 0 radical (unpaired) electrons. The van der Waals surface area contributed by atoms with Crippen molar-refractivity contribution in [2.75, 3.05) is 13.2 Å². The number of hydrogen-bond donors (Lipinski definition) is 0. The lowest BCUT2D eigenvalue weighted by Gasteiger charge is -2.37. The van der Waals surface area contributed by atoms with Crippen LogP contribution in [0.4, 0.5) is 0 Å². The first kappa shape index (κ1) is 17.3. The van der Waals surface area contributed by atoms with Gasteiger partial charge in [-0.25, -0.2) is 0 Å². The van der Waals surface area contributed by atoms with E-state index >= 15 is 0 Å². The van der Waals surface area contributed by atoms with Crippen molar-refractivity contribution in [3.05, 3.63) is 48.0 Å². The molecule has 2 saturated carbocycles. The lowest BCUT2D eigenvalue weighted by Crippen LogP contribution is -2.40. The number of allylic oxidation sites excluding steroid dienone is 2. The van der Waals surface area contributed by atoms with E-state index in [0.717, 1.165) is 6.42 Å². The van der Waals surface area contributed by atoms with Crippen molar-refractivity contribution in [2.24, 2.45) is 35.5 Å². The third-order valence-electron chi connectivity index (χ3n) is 6.75. The Labute approximate surface area is 162 Å². The minimum atomic E-state index is -0.580. The van der Waals surface area contributed by atoms with Gasteiger partial charge in [-0.05, 0) is 30.1 Å². The van der Waals surface area contributed by atoms with Crippen LogP contribution in [0.3, 0.4) is 0 Å². The SMILES string of the molecule is O=C(CCN1C(=O)[C@@H]2[C@@H]3C=C[C@@H]([C@@H]4C[C@H]34)[C@@H]2C1=O)OCC(=O)c1ccccc1. The monoisotopic (exact) mass is 379 g/mol. The standard InChI is InChI=1S/C22H21NO5/c24-17(12-4-2-1-3-5-12)11-28-18(25)8-9-23-21(26)19-13-6-7-14(16-10-15(13)16)20(19)22(23)27/h1-7,13-16,19-20H,8-11H2/t13-,14+,15-,16+,19-,20+. The molecule has 6 heteroatoms. The average Bonchev–Trinajstić information content (AvgIpc) is 3.50. The third-order valence-corrected chi connectivity index (χ3v) is 6.75. The van der Waals surface area contributed by atoms with Crippen LogP contribution in [0.25, 0.3) is 0 Å². The fourth-order valence-electron chi connectivity index (χ4n) is 5.37. The number of Topliss-reactive ketones (excluding diaryl/α,β-unsaturated/α-hetero) is 1. The average molecular weight is 379 g/mol. The molecule has 6 rings (SSSR count). The van der Waals surface area contributed by atoms with Gasteiger partial charge >= 0.3 is 5.97 Å². The van der Waals surface area contributed by atoms with Crippen molar-refractivity contribution >= 4 is 23.6 Å². The number of benzene rings is 1. The van der Waals surface area contributed by atoms with Gasteiger partial charge in [0.05, 0.1) is 18.3 Å². The van der Waals surface area contributed by atoms with E-state index in [1.165, 1.54) is 4.90 Å². The Balaban J connectivity index is 1.16. The highest BCUT2D eigenvalue weighted by Gasteiger charge is 2.66. The van der Waals surface area contributed by atoms with E-state index in [1.54, 1.807) is 30.3 Å². The second-order valence-corrected chi connectivity index (χ2v) is 8.18. The van der Waals surface area contributed by atoms with Gasteiger partial charge in [0, 0.05) is 12.1 Å². The molecule has 2 bridgehead atoms. The maximum absolute atomic E-state index is 12.8. The predicted octanol–water partition coefficient (Wildman–Crippen LogP) is 1.86. The molecular weight excluding hydrogens is 358 g/mol. The topological polar surface area (TPSA) is 80.8 Å². The summed E-state index contributed by atoms with van der Waals surface area (Å²) in [4.78, 5) is 50.9. The maximum Gasteiger partial charge on any atom is 0.308 e. The van der Waals surface area contributed by atoms with Crippen LogP contribution in [-0.2, 0) is 19.1 Å². The number of carbonyl (C=O) groups excluding carboxylic acids is 4. The van der Waals surface area contributed by atoms with Gasteiger partial charge in [-0.15, -0.1) is 0 Å². The maximum atomic E-state index is 12.8. The zero-order chi connectivity index (χ0) is 19.4. The molecule has 1 saturated heterocycles. The van der Waals surface area contributed by atoms with E-state index in [4.69, 9.17) is 4.74 Å². The molecule has 0 N–H and O–H groups in total. The van der Waals surface area contributed by atoms with Crippen molar-refractivity contribution < 1.29 is 23.9 Å². The van der Waals surface area contributed by atoms with Crippen LogP contribution in [0, 0.1) is 35.5 Å². The van der Waals surface area contributed by atoms with Crippen molar-refractivity contribution in [3.63, 3.8) is 0 Å². The molecule has 1 aliphatic heterocycles. The first-order valence-corrected chi connectivity index (χ1v) is 9.83. The Morgan fingerprint density at radius 3 is 2.18 bits per heavy atom. The van der Waals surface area contributed by atoms with Crippen molar-refractivity contribution in [1.82, 2.24) is 4.90 Å². The van der Waals surface area contributed by atoms with E-state index in [2.05, 4.69) is 12.2 Å². The molecule has 2 amide bonds. The molecule has 28 heavy (non-hydrogen) atoms. The second-order valence-electron chi connectivity index (χ2n) is 8.18. The molecule has 1 heterocycles. The van der Waals surface area contributed by atoms with Gasteiger partial charge in [0.1, 0.15) is 0 Å². The molecule has 6 atom stereocenters. The first-order chi connectivity index (χ1) is 13.6. The summed E-state index contributed by atoms with van der Waals surface area (Å²) >= 11 is 0. The van der Waals surface area contributed by atoms with E-state index in [1.807, 2.05) is 0 Å². The van der Waals surface area contributed by atoms with Gasteiger partial charge < -0.3 is 4.74 Å². The molecule has 6 nitrogen and oxygen atoms in total. The zero-order valence-corrected chi connectivity index (χ0v) is 15.3. The number of ketones is 1. The van der Waals surface area contributed by atoms with E-state index in [-0.39, 0.29) is 60.8 Å². The minimum absolute atomic E-state index is 0.0256. The van der Waals surface area contributed by atoms with Crippen LogP contribution in [0.2, 0.25) is 0 Å². The smallest absolute Gasteiger partial charge is 0.308 e. The summed E-state index contributed by atoms with van der Waals surface area (Å²) in [6.07, 6.45) is 5.28. The molecular formula is C22H21NO5. The lowest BCUT2D eigenvalue weighted by molar-refractivity contribution is -0.145. The number of esters is 1. The van der Waals surface area contributed by atoms with Gasteiger partial charge in [-0.1, -0.05) is 42.5 Å². The van der Waals surface area contributed by atoms with Gasteiger partial charge in [0.2, 0.25) is 11.8 Å². The van der Waals surface area contributed by atoms with E-state index in [9.17, 15) is 19.2 Å². The minimum Gasteiger partial charge on any atom is -0.457 e. The quantitative estimate of drug-likeness (QED) is 0.326. The van der Waals surface area contributed by atoms with E-state index < -0.39 is 5.97 Å². The van der Waals surface area contributed by atoms with Crippen LogP contribution in [-0.4, -0.2) is 41.6 Å². The largest absolute Gasteiger partial charge is 0.457 e. The number of rotatable bonds is 6. The Hall–Kier alpha value is -2.76. The number of imide groups is 1. The van der Waals surface area contributed by atoms with Crippen molar-refractivity contribution in [3.8, 4) is 0 Å². The number of likely N-dealkylation sites (tertiary alicyclic amines) is 1. The third kappa shape index (κ3) is 2.62. The number of ether oxygens (including phenoxy) is 1. The van der Waals surface area contributed by atoms with Gasteiger partial charge in [0.25, 0.3) is 0 Å². The van der Waals surface area contributed by atoms with Gasteiger partial charge in [-0.3, -0.25) is 24.1 Å². The summed E-state index contributed by atoms with van der Waals surface area (Å²) in [5.41, 5.74) is 0.478. The fourth-order valence-corrected chi connectivity index (χ4v) is 5.37. The number of hydrogen-bond acceptors (Lipinski definition) is 5. The van der Waals surface area contributed by atoms with Gasteiger partial charge in [0.15, 0.2) is 12.4 Å². The van der Waals surface area contributed by atoms with Crippen molar-refractivity contribution in [1.29, 1.82) is 0 Å². The van der Waals surface area contributed by atoms with Gasteiger partial charge in [-0.2, -0.15) is 0 Å². The van der Waals surface area contributed by atoms with E-state index in [0.29, 0.717) is 17.4 Å². The predicted molar refractivity (Wildman–Crippen MR) is 97.8 cm³/mol. The molecule has 1 aromatic carbocycles. The molecule has 0 aromatic heterocycles. The number of nitrogens with zero attached hydrogens (tertiary/aromatic N) is 1. The second kappa shape index (κ2) is 6.40. The molecule has 144 valence electrons. The van der Waals surface area contributed by atoms with Crippen LogP contribution in [0.15, 0.2) is 42.5 Å². The summed E-state index contributed by atoms with van der Waals surface area (Å²) in [6, 6.07) is 8.60. The fraction of sp³-hybridized carbons (Fsp3) is 0.455. The summed E-state index contributed by atoms with van der Waals surface area (Å²) in [7, 11) is 0. The molecule has 0 spiro atoms. The summed E-state index contributed by atoms with van der Waals surface area (Å²) in [5, 5.41) is 0. The normalized spacial score (nSPS) is 34.2. The molecule has 4 aliphatic carbocycles. The lowest BCUT2D eigenvalue weighted by atomic mass is 9.63. The highest BCUT2D eigenvalue weighted by molar-refractivity contribution is 6.06. The molecule has 1 aromatic rings. The highest BCUT2D eigenvalue weighted by atomic mass is 16.5. The Morgan fingerprint density at radius 1 is 0.964 bits per heavy atom. The number of carbonyl (C=O) groups is 4. The van der Waals surface area contributed by atoms with Crippen LogP contribution >= 0.6 is 0 Å². The van der Waals surface area contributed by atoms with Crippen LogP contribution in [0.1, 0.15) is 23.2 Å². The zero-order valence-electron chi connectivity index (χ0n) is 15.3. The van der Waals surface area contributed by atoms with Crippen LogP contribution < -0.4 is 0 Å². The Morgan fingerprint density at radius 2 is 1.57 bits per heavy atom. The Kier molecular flexibility index (Phi) is 3.96. The molecule has 0 unspecified atom stereocenters.